The Kier molecular flexibility index (Phi) is 6.53. The van der Waals surface area contributed by atoms with Gasteiger partial charge in [0.2, 0.25) is 0 Å². The van der Waals surface area contributed by atoms with Gasteiger partial charge in [0.1, 0.15) is 0 Å². The van der Waals surface area contributed by atoms with Crippen LogP contribution in [0.5, 0.6) is 0 Å². The van der Waals surface area contributed by atoms with Crippen LogP contribution in [-0.4, -0.2) is 13.2 Å². The smallest absolute Gasteiger partial charge is 0.0574 e. The summed E-state index contributed by atoms with van der Waals surface area (Å²) in [6, 6.07) is 0. The second-order valence-electron chi connectivity index (χ2n) is 12.8. The predicted octanol–water partition coefficient (Wildman–Crippen LogP) is 8.43. The molecule has 0 aliphatic heterocycles. The van der Waals surface area contributed by atoms with Crippen LogP contribution in [0.3, 0.4) is 0 Å². The van der Waals surface area contributed by atoms with Gasteiger partial charge in [-0.1, -0.05) is 65.5 Å². The maximum Gasteiger partial charge on any atom is 0.0574 e. The first-order valence-electron chi connectivity index (χ1n) is 13.5. The summed E-state index contributed by atoms with van der Waals surface area (Å²) in [6.07, 6.45) is 16.0. The highest BCUT2D eigenvalue weighted by atomic mass is 16.5. The van der Waals surface area contributed by atoms with Gasteiger partial charge in [-0.2, -0.15) is 0 Å². The van der Waals surface area contributed by atoms with E-state index in [-0.39, 0.29) is 0 Å². The molecule has 30 heavy (non-hydrogen) atoms. The van der Waals surface area contributed by atoms with Gasteiger partial charge >= 0.3 is 0 Å². The van der Waals surface area contributed by atoms with Crippen LogP contribution in [0.15, 0.2) is 11.1 Å². The summed E-state index contributed by atoms with van der Waals surface area (Å²) < 4.78 is 5.79. The van der Waals surface area contributed by atoms with Crippen LogP contribution >= 0.6 is 0 Å². The Morgan fingerprint density at radius 3 is 2.40 bits per heavy atom. The van der Waals surface area contributed by atoms with E-state index in [4.69, 9.17) is 4.74 Å². The average molecular weight is 415 g/mol. The van der Waals surface area contributed by atoms with E-state index in [9.17, 15) is 0 Å². The van der Waals surface area contributed by atoms with E-state index in [0.29, 0.717) is 16.9 Å². The summed E-state index contributed by atoms with van der Waals surface area (Å²) >= 11 is 0. The van der Waals surface area contributed by atoms with Gasteiger partial charge in [0, 0.05) is 7.11 Å². The Labute approximate surface area is 187 Å². The van der Waals surface area contributed by atoms with Crippen LogP contribution in [0.2, 0.25) is 0 Å². The lowest BCUT2D eigenvalue weighted by molar-refractivity contribution is -0.00949. The summed E-state index contributed by atoms with van der Waals surface area (Å²) in [5, 5.41) is 0. The maximum absolute atomic E-state index is 5.79. The van der Waals surface area contributed by atoms with Crippen LogP contribution in [0.4, 0.5) is 0 Å². The third-order valence-corrected chi connectivity index (χ3v) is 11.3. The maximum atomic E-state index is 5.79. The third kappa shape index (κ3) is 3.74. The molecule has 2 saturated carbocycles. The molecule has 0 heterocycles. The highest BCUT2D eigenvalue weighted by molar-refractivity contribution is 5.34. The van der Waals surface area contributed by atoms with Crippen molar-refractivity contribution in [3.05, 3.63) is 11.1 Å². The topological polar surface area (TPSA) is 9.23 Å². The molecule has 8 atom stereocenters. The monoisotopic (exact) mass is 414 g/mol. The molecule has 4 aliphatic carbocycles. The molecule has 0 N–H and O–H groups in total. The van der Waals surface area contributed by atoms with E-state index < -0.39 is 0 Å². The summed E-state index contributed by atoms with van der Waals surface area (Å²) in [7, 11) is 1.93. The van der Waals surface area contributed by atoms with Crippen molar-refractivity contribution in [1.82, 2.24) is 0 Å². The van der Waals surface area contributed by atoms with Crippen molar-refractivity contribution in [2.45, 2.75) is 118 Å². The van der Waals surface area contributed by atoms with E-state index in [1.807, 2.05) is 18.3 Å². The van der Waals surface area contributed by atoms with Gasteiger partial charge in [0.15, 0.2) is 0 Å². The Morgan fingerprint density at radius 2 is 1.70 bits per heavy atom. The quantitative estimate of drug-likeness (QED) is 0.396. The third-order valence-electron chi connectivity index (χ3n) is 11.3. The fourth-order valence-electron chi connectivity index (χ4n) is 8.67. The molecule has 4 aliphatic rings. The van der Waals surface area contributed by atoms with Gasteiger partial charge in [-0.05, 0) is 104 Å². The largest absolute Gasteiger partial charge is 0.381 e. The van der Waals surface area contributed by atoms with Gasteiger partial charge in [-0.3, -0.25) is 0 Å². The number of ether oxygens (including phenoxy) is 1. The molecule has 0 bridgehead atoms. The van der Waals surface area contributed by atoms with Gasteiger partial charge in [-0.15, -0.1) is 0 Å². The van der Waals surface area contributed by atoms with Gasteiger partial charge in [0.05, 0.1) is 6.10 Å². The second kappa shape index (κ2) is 8.57. The zero-order chi connectivity index (χ0) is 21.7. The lowest BCUT2D eigenvalue weighted by Crippen LogP contribution is -2.45. The highest BCUT2D eigenvalue weighted by Crippen LogP contribution is 2.66. The Hall–Kier alpha value is -0.300. The molecule has 0 aromatic rings. The van der Waals surface area contributed by atoms with Gasteiger partial charge < -0.3 is 4.74 Å². The fraction of sp³-hybridized carbons (Fsp3) is 0.931. The Morgan fingerprint density at radius 1 is 0.933 bits per heavy atom. The van der Waals surface area contributed by atoms with Crippen LogP contribution in [0.1, 0.15) is 112 Å². The van der Waals surface area contributed by atoms with Gasteiger partial charge in [-0.25, -0.2) is 0 Å². The zero-order valence-electron chi connectivity index (χ0n) is 21.2. The number of hydrogen-bond acceptors (Lipinski definition) is 1. The van der Waals surface area contributed by atoms with E-state index in [0.717, 1.165) is 35.5 Å². The molecule has 0 spiro atoms. The van der Waals surface area contributed by atoms with E-state index in [1.165, 1.54) is 70.6 Å². The summed E-state index contributed by atoms with van der Waals surface area (Å²) in [5.41, 5.74) is 4.97. The molecule has 4 rings (SSSR count). The Bertz CT molecular complexity index is 647. The highest BCUT2D eigenvalue weighted by Gasteiger charge is 2.55. The van der Waals surface area contributed by atoms with Crippen molar-refractivity contribution in [3.63, 3.8) is 0 Å². The van der Waals surface area contributed by atoms with E-state index in [1.54, 1.807) is 0 Å². The summed E-state index contributed by atoms with van der Waals surface area (Å²) in [5.74, 6) is 5.31. The van der Waals surface area contributed by atoms with Crippen molar-refractivity contribution >= 4 is 0 Å². The van der Waals surface area contributed by atoms with Crippen molar-refractivity contribution < 1.29 is 4.74 Å². The van der Waals surface area contributed by atoms with Crippen molar-refractivity contribution in [3.8, 4) is 0 Å². The van der Waals surface area contributed by atoms with E-state index in [2.05, 4.69) is 41.5 Å². The molecule has 0 aromatic heterocycles. The molecule has 1 nitrogen and oxygen atoms in total. The molecule has 0 amide bonds. The molecule has 0 saturated heterocycles. The lowest BCUT2D eigenvalue weighted by atomic mass is 9.50. The van der Waals surface area contributed by atoms with Gasteiger partial charge in [0.25, 0.3) is 0 Å². The minimum Gasteiger partial charge on any atom is -0.381 e. The predicted molar refractivity (Wildman–Crippen MR) is 128 cm³/mol. The first-order chi connectivity index (χ1) is 14.2. The molecule has 172 valence electrons. The SMILES string of the molecule is CO[C@H]1CC[C@]2(C)C3=C(CCC2C1)C1CC[C@H]([C@H](C)CC[C@@H](C)C(C)C)[C@@]1(C)CC3. The first-order valence-corrected chi connectivity index (χ1v) is 13.5. The zero-order valence-corrected chi connectivity index (χ0v) is 21.2. The lowest BCUT2D eigenvalue weighted by Gasteiger charge is -2.55. The minimum absolute atomic E-state index is 0.486. The number of allylic oxidation sites excluding steroid dienone is 2. The van der Waals surface area contributed by atoms with Crippen LogP contribution in [-0.2, 0) is 4.74 Å². The normalized spacial score (nSPS) is 43.2. The molecule has 2 unspecified atom stereocenters. The van der Waals surface area contributed by atoms with Crippen LogP contribution in [0.25, 0.3) is 0 Å². The molecular weight excluding hydrogens is 364 g/mol. The van der Waals surface area contributed by atoms with Crippen molar-refractivity contribution in [2.24, 2.45) is 46.3 Å². The second-order valence-corrected chi connectivity index (χ2v) is 12.8. The molecule has 2 fully saturated rings. The van der Waals surface area contributed by atoms with Crippen LogP contribution < -0.4 is 0 Å². The average Bonchev–Trinajstić information content (AvgIpc) is 3.08. The van der Waals surface area contributed by atoms with Crippen LogP contribution in [0, 0.1) is 46.3 Å². The molecule has 0 radical (unpaired) electrons. The molecular formula is C29H50O. The molecule has 1 heteroatoms. The fourth-order valence-corrected chi connectivity index (χ4v) is 8.67. The molecule has 0 aromatic carbocycles. The number of methoxy groups -OCH3 is 1. The number of rotatable bonds is 6. The minimum atomic E-state index is 0.486. The first kappa shape index (κ1) is 22.9. The Balaban J connectivity index is 1.51. The summed E-state index contributed by atoms with van der Waals surface area (Å²) in [6.45, 7) is 15.2. The van der Waals surface area contributed by atoms with Crippen molar-refractivity contribution in [1.29, 1.82) is 0 Å². The van der Waals surface area contributed by atoms with E-state index >= 15 is 0 Å². The van der Waals surface area contributed by atoms with Crippen molar-refractivity contribution in [2.75, 3.05) is 7.11 Å². The number of hydrogen-bond donors (Lipinski definition) is 0. The summed E-state index contributed by atoms with van der Waals surface area (Å²) in [4.78, 5) is 0. The number of fused-ring (bicyclic) bond motifs is 4. The standard InChI is InChI=1S/C29H50O/c1-19(2)20(3)8-9-21(4)25-12-13-26-24-11-10-22-18-23(30-7)14-16-28(22,5)27(24)15-17-29(25,26)6/h19-23,25-26H,8-18H2,1-7H3/t20-,21-,22?,23+,25-,26?,28+,29-/m1/s1.